The van der Waals surface area contributed by atoms with Crippen LogP contribution in [0.1, 0.15) is 36.2 Å². The maximum atomic E-state index is 14.0. The fraction of sp³-hybridized carbons (Fsp3) is 0.308. The maximum absolute atomic E-state index is 14.0. The van der Waals surface area contributed by atoms with E-state index in [1.165, 1.54) is 12.3 Å². The van der Waals surface area contributed by atoms with E-state index in [1.807, 2.05) is 0 Å². The Balaban J connectivity index is 2.06. The number of nitrogens with zero attached hydrogens (tertiary/aromatic N) is 2. The molecule has 3 rings (SSSR count). The van der Waals surface area contributed by atoms with Crippen LogP contribution in [0.4, 0.5) is 8.78 Å². The van der Waals surface area contributed by atoms with Crippen molar-refractivity contribution in [3.05, 3.63) is 52.0 Å². The highest BCUT2D eigenvalue weighted by atomic mass is 79.9. The Labute approximate surface area is 117 Å². The van der Waals surface area contributed by atoms with Crippen LogP contribution in [0.5, 0.6) is 0 Å². The molecule has 100 valence electrons. The number of imidazole rings is 1. The Morgan fingerprint density at radius 1 is 1.37 bits per heavy atom. The molecule has 1 atom stereocenters. The average Bonchev–Trinajstić information content (AvgIpc) is 3.12. The molecule has 0 aliphatic heterocycles. The van der Waals surface area contributed by atoms with Gasteiger partial charge in [0, 0.05) is 6.04 Å². The van der Waals surface area contributed by atoms with Gasteiger partial charge in [-0.2, -0.15) is 0 Å². The molecule has 1 N–H and O–H groups in total. The summed E-state index contributed by atoms with van der Waals surface area (Å²) in [6.45, 7) is 0. The molecule has 1 saturated carbocycles. The minimum atomic E-state index is -1.36. The van der Waals surface area contributed by atoms with Crippen molar-refractivity contribution in [2.75, 3.05) is 0 Å². The van der Waals surface area contributed by atoms with E-state index in [1.54, 1.807) is 10.9 Å². The molecule has 1 aliphatic carbocycles. The fourth-order valence-corrected chi connectivity index (χ4v) is 2.47. The molecule has 0 amide bonds. The summed E-state index contributed by atoms with van der Waals surface area (Å²) in [5.74, 6) is -1.55. The van der Waals surface area contributed by atoms with Crippen LogP contribution < -0.4 is 0 Å². The number of halogens is 3. The lowest BCUT2D eigenvalue weighted by Gasteiger charge is -2.15. The molecule has 1 aliphatic rings. The Hall–Kier alpha value is -1.27. The summed E-state index contributed by atoms with van der Waals surface area (Å²) < 4.78 is 29.7. The molecule has 0 spiro atoms. The number of rotatable bonds is 3. The minimum Gasteiger partial charge on any atom is -0.382 e. The van der Waals surface area contributed by atoms with Crippen LogP contribution in [-0.2, 0) is 0 Å². The van der Waals surface area contributed by atoms with Crippen LogP contribution in [0, 0.1) is 11.6 Å². The van der Waals surface area contributed by atoms with Crippen molar-refractivity contribution in [2.24, 2.45) is 0 Å². The number of aliphatic hydroxyl groups excluding tert-OH is 1. The summed E-state index contributed by atoms with van der Waals surface area (Å²) in [7, 11) is 0. The minimum absolute atomic E-state index is 0.125. The maximum Gasteiger partial charge on any atom is 0.146 e. The number of benzene rings is 1. The molecule has 0 saturated heterocycles. The van der Waals surface area contributed by atoms with E-state index < -0.39 is 17.7 Å². The largest absolute Gasteiger partial charge is 0.382 e. The van der Waals surface area contributed by atoms with Gasteiger partial charge in [0.1, 0.15) is 17.7 Å². The van der Waals surface area contributed by atoms with Gasteiger partial charge in [0.05, 0.1) is 28.3 Å². The zero-order chi connectivity index (χ0) is 13.6. The lowest BCUT2D eigenvalue weighted by atomic mass is 10.1. The number of hydrogen-bond donors (Lipinski definition) is 1. The lowest BCUT2D eigenvalue weighted by molar-refractivity contribution is 0.199. The first-order valence-corrected chi connectivity index (χ1v) is 6.72. The molecule has 19 heavy (non-hydrogen) atoms. The second-order valence-corrected chi connectivity index (χ2v) is 5.47. The first-order valence-electron chi connectivity index (χ1n) is 5.92. The Morgan fingerprint density at radius 3 is 2.79 bits per heavy atom. The van der Waals surface area contributed by atoms with Gasteiger partial charge in [-0.05, 0) is 40.9 Å². The van der Waals surface area contributed by atoms with Crippen LogP contribution in [0.2, 0.25) is 0 Å². The van der Waals surface area contributed by atoms with Crippen molar-refractivity contribution in [3.8, 4) is 0 Å². The van der Waals surface area contributed by atoms with Crippen molar-refractivity contribution in [2.45, 2.75) is 25.0 Å². The third-order valence-corrected chi connectivity index (χ3v) is 3.88. The van der Waals surface area contributed by atoms with Crippen molar-refractivity contribution in [1.82, 2.24) is 9.55 Å². The van der Waals surface area contributed by atoms with Crippen LogP contribution in [0.25, 0.3) is 0 Å². The number of aromatic nitrogens is 2. The molecule has 1 unspecified atom stereocenters. The molecule has 1 heterocycles. The van der Waals surface area contributed by atoms with Gasteiger partial charge in [0.25, 0.3) is 0 Å². The first-order chi connectivity index (χ1) is 9.09. The van der Waals surface area contributed by atoms with E-state index in [-0.39, 0.29) is 16.1 Å². The highest BCUT2D eigenvalue weighted by Gasteiger charge is 2.30. The van der Waals surface area contributed by atoms with Crippen LogP contribution in [0.3, 0.4) is 0 Å². The summed E-state index contributed by atoms with van der Waals surface area (Å²) in [5, 5.41) is 10.3. The zero-order valence-corrected chi connectivity index (χ0v) is 11.4. The summed E-state index contributed by atoms with van der Waals surface area (Å²) in [4.78, 5) is 3.96. The van der Waals surface area contributed by atoms with E-state index >= 15 is 0 Å². The molecule has 6 heteroatoms. The molecule has 2 aromatic rings. The summed E-state index contributed by atoms with van der Waals surface area (Å²) in [6.07, 6.45) is 3.67. The SMILES string of the molecule is OC(c1c(F)ccc(Br)c1F)c1cncn1C1CC1. The van der Waals surface area contributed by atoms with Gasteiger partial charge in [-0.25, -0.2) is 13.8 Å². The Kier molecular flexibility index (Phi) is 3.14. The van der Waals surface area contributed by atoms with Crippen LogP contribution in [-0.4, -0.2) is 14.7 Å². The van der Waals surface area contributed by atoms with Crippen LogP contribution in [0.15, 0.2) is 29.1 Å². The third kappa shape index (κ3) is 2.19. The second-order valence-electron chi connectivity index (χ2n) is 4.62. The smallest absolute Gasteiger partial charge is 0.146 e. The highest BCUT2D eigenvalue weighted by molar-refractivity contribution is 9.10. The van der Waals surface area contributed by atoms with Gasteiger partial charge >= 0.3 is 0 Å². The van der Waals surface area contributed by atoms with Gasteiger partial charge in [0.2, 0.25) is 0 Å². The predicted octanol–water partition coefficient (Wildman–Crippen LogP) is 3.34. The van der Waals surface area contributed by atoms with Gasteiger partial charge in [-0.1, -0.05) is 0 Å². The molecular weight excluding hydrogens is 318 g/mol. The van der Waals surface area contributed by atoms with Gasteiger partial charge in [-0.15, -0.1) is 0 Å². The number of aliphatic hydroxyl groups is 1. The topological polar surface area (TPSA) is 38.1 Å². The molecule has 3 nitrogen and oxygen atoms in total. The van der Waals surface area contributed by atoms with Crippen molar-refractivity contribution >= 4 is 15.9 Å². The Morgan fingerprint density at radius 2 is 2.11 bits per heavy atom. The van der Waals surface area contributed by atoms with E-state index in [0.717, 1.165) is 18.9 Å². The van der Waals surface area contributed by atoms with Crippen molar-refractivity contribution in [3.63, 3.8) is 0 Å². The van der Waals surface area contributed by atoms with Crippen molar-refractivity contribution < 1.29 is 13.9 Å². The molecule has 0 radical (unpaired) electrons. The monoisotopic (exact) mass is 328 g/mol. The lowest BCUT2D eigenvalue weighted by Crippen LogP contribution is -2.11. The zero-order valence-electron chi connectivity index (χ0n) is 9.85. The first kappa shape index (κ1) is 12.7. The summed E-state index contributed by atoms with van der Waals surface area (Å²) in [6, 6.07) is 2.69. The van der Waals surface area contributed by atoms with E-state index in [2.05, 4.69) is 20.9 Å². The highest BCUT2D eigenvalue weighted by Crippen LogP contribution is 2.39. The van der Waals surface area contributed by atoms with Crippen LogP contribution >= 0.6 is 15.9 Å². The second kappa shape index (κ2) is 4.68. The van der Waals surface area contributed by atoms with Crippen molar-refractivity contribution in [1.29, 1.82) is 0 Å². The van der Waals surface area contributed by atoms with Gasteiger partial charge in [-0.3, -0.25) is 0 Å². The Bertz CT molecular complexity index is 625. The molecule has 1 fully saturated rings. The predicted molar refractivity (Wildman–Crippen MR) is 68.6 cm³/mol. The average molecular weight is 329 g/mol. The molecular formula is C13H11BrF2N2O. The standard InChI is InChI=1S/C13H11BrF2N2O/c14-8-3-4-9(15)11(12(8)16)13(19)10-5-17-6-18(10)7-1-2-7/h3-7,13,19H,1-2H2. The number of hydrogen-bond acceptors (Lipinski definition) is 2. The van der Waals surface area contributed by atoms with Gasteiger partial charge < -0.3 is 9.67 Å². The van der Waals surface area contributed by atoms with Gasteiger partial charge in [0.15, 0.2) is 0 Å². The van der Waals surface area contributed by atoms with E-state index in [4.69, 9.17) is 0 Å². The quantitative estimate of drug-likeness (QED) is 0.877. The molecule has 1 aromatic carbocycles. The summed E-state index contributed by atoms with van der Waals surface area (Å²) in [5.41, 5.74) is 0.0650. The normalized spacial score (nSPS) is 16.6. The van der Waals surface area contributed by atoms with E-state index in [0.29, 0.717) is 5.69 Å². The van der Waals surface area contributed by atoms with E-state index in [9.17, 15) is 13.9 Å². The fourth-order valence-electron chi connectivity index (χ4n) is 2.13. The molecule has 0 bridgehead atoms. The molecule has 1 aromatic heterocycles. The third-order valence-electron chi connectivity index (χ3n) is 3.27. The summed E-state index contributed by atoms with van der Waals surface area (Å²) >= 11 is 3.00.